The normalized spacial score (nSPS) is 10.4. The third-order valence-electron chi connectivity index (χ3n) is 1.76. The summed E-state index contributed by atoms with van der Waals surface area (Å²) >= 11 is 1.47. The van der Waals surface area contributed by atoms with Crippen LogP contribution < -0.4 is 0 Å². The summed E-state index contributed by atoms with van der Waals surface area (Å²) in [5.41, 5.74) is 1.03. The number of thiophene rings is 1. The van der Waals surface area contributed by atoms with Gasteiger partial charge >= 0.3 is 0 Å². The van der Waals surface area contributed by atoms with Gasteiger partial charge in [-0.1, -0.05) is 0 Å². The van der Waals surface area contributed by atoms with Gasteiger partial charge in [0.2, 0.25) is 11.8 Å². The van der Waals surface area contributed by atoms with Crippen molar-refractivity contribution in [3.8, 4) is 22.5 Å². The minimum Gasteiger partial charge on any atom is -0.493 e. The van der Waals surface area contributed by atoms with Crippen molar-refractivity contribution >= 4 is 11.3 Å². The highest BCUT2D eigenvalue weighted by molar-refractivity contribution is 7.13. The highest BCUT2D eigenvalue weighted by Crippen LogP contribution is 2.28. The van der Waals surface area contributed by atoms with Gasteiger partial charge in [0.15, 0.2) is 5.82 Å². The molecule has 0 saturated heterocycles. The lowest BCUT2D eigenvalue weighted by molar-refractivity contribution is 0.423. The molecule has 72 valence electrons. The first kappa shape index (κ1) is 8.96. The van der Waals surface area contributed by atoms with E-state index in [1.807, 2.05) is 18.4 Å². The summed E-state index contributed by atoms with van der Waals surface area (Å²) in [5.74, 6) is -0.0874. The Morgan fingerprint density at radius 3 is 2.36 bits per heavy atom. The van der Waals surface area contributed by atoms with Crippen LogP contribution in [-0.4, -0.2) is 20.2 Å². The van der Waals surface area contributed by atoms with E-state index in [1.54, 1.807) is 0 Å². The number of aryl methyl sites for hydroxylation is 1. The standard InChI is InChI=1S/C9H8N2O2S/c1-5-2-3-14-8(5)9-10-6(12)4-7(13)11-9/h2-4H,1H3,(H2,10,11,12,13). The molecule has 0 fully saturated rings. The predicted molar refractivity (Wildman–Crippen MR) is 53.4 cm³/mol. The van der Waals surface area contributed by atoms with E-state index < -0.39 is 0 Å². The van der Waals surface area contributed by atoms with Crippen LogP contribution in [0.25, 0.3) is 10.7 Å². The zero-order valence-electron chi connectivity index (χ0n) is 7.43. The molecule has 0 aliphatic rings. The average molecular weight is 208 g/mol. The molecule has 5 heteroatoms. The molecule has 2 heterocycles. The second-order valence-corrected chi connectivity index (χ2v) is 3.76. The predicted octanol–water partition coefficient (Wildman–Crippen LogP) is 1.92. The van der Waals surface area contributed by atoms with E-state index in [0.29, 0.717) is 5.82 Å². The van der Waals surface area contributed by atoms with Crippen LogP contribution in [0.3, 0.4) is 0 Å². The van der Waals surface area contributed by atoms with Crippen molar-refractivity contribution in [3.05, 3.63) is 23.1 Å². The molecule has 0 aromatic carbocycles. The molecular weight excluding hydrogens is 200 g/mol. The van der Waals surface area contributed by atoms with Gasteiger partial charge in [0.25, 0.3) is 0 Å². The van der Waals surface area contributed by atoms with Gasteiger partial charge in [-0.2, -0.15) is 9.97 Å². The summed E-state index contributed by atoms with van der Waals surface area (Å²) in [5, 5.41) is 20.3. The molecule has 2 N–H and O–H groups in total. The number of rotatable bonds is 1. The lowest BCUT2D eigenvalue weighted by Gasteiger charge is -1.99. The maximum Gasteiger partial charge on any atom is 0.218 e. The minimum atomic E-state index is -0.222. The topological polar surface area (TPSA) is 66.2 Å². The lowest BCUT2D eigenvalue weighted by Crippen LogP contribution is -1.87. The molecule has 2 aromatic heterocycles. The molecule has 0 saturated carbocycles. The summed E-state index contributed by atoms with van der Waals surface area (Å²) < 4.78 is 0. The second kappa shape index (κ2) is 3.26. The van der Waals surface area contributed by atoms with Gasteiger partial charge in [0, 0.05) is 0 Å². The maximum absolute atomic E-state index is 9.18. The Balaban J connectivity index is 2.57. The molecule has 0 spiro atoms. The van der Waals surface area contributed by atoms with Crippen molar-refractivity contribution in [1.82, 2.24) is 9.97 Å². The maximum atomic E-state index is 9.18. The number of hydrogen-bond acceptors (Lipinski definition) is 5. The molecule has 0 atom stereocenters. The van der Waals surface area contributed by atoms with Crippen molar-refractivity contribution in [2.45, 2.75) is 6.92 Å². The summed E-state index contributed by atoms with van der Waals surface area (Å²) in [6.45, 7) is 1.93. The summed E-state index contributed by atoms with van der Waals surface area (Å²) in [7, 11) is 0. The molecule has 4 nitrogen and oxygen atoms in total. The fraction of sp³-hybridized carbons (Fsp3) is 0.111. The fourth-order valence-electron chi connectivity index (χ4n) is 1.13. The summed E-state index contributed by atoms with van der Waals surface area (Å²) in [6.07, 6.45) is 0. The van der Waals surface area contributed by atoms with E-state index in [4.69, 9.17) is 0 Å². The van der Waals surface area contributed by atoms with Crippen LogP contribution in [-0.2, 0) is 0 Å². The van der Waals surface area contributed by atoms with Crippen LogP contribution in [0.15, 0.2) is 17.5 Å². The number of nitrogens with zero attached hydrogens (tertiary/aromatic N) is 2. The smallest absolute Gasteiger partial charge is 0.218 e. The molecule has 0 bridgehead atoms. The van der Waals surface area contributed by atoms with Crippen LogP contribution in [0.1, 0.15) is 5.56 Å². The van der Waals surface area contributed by atoms with Gasteiger partial charge in [0.1, 0.15) is 0 Å². The van der Waals surface area contributed by atoms with Gasteiger partial charge in [-0.3, -0.25) is 0 Å². The second-order valence-electron chi connectivity index (χ2n) is 2.84. The van der Waals surface area contributed by atoms with Crippen LogP contribution in [0.4, 0.5) is 0 Å². The van der Waals surface area contributed by atoms with Gasteiger partial charge < -0.3 is 10.2 Å². The van der Waals surface area contributed by atoms with Gasteiger partial charge in [-0.15, -0.1) is 11.3 Å². The lowest BCUT2D eigenvalue weighted by atomic mass is 10.3. The highest BCUT2D eigenvalue weighted by Gasteiger charge is 2.09. The SMILES string of the molecule is Cc1ccsc1-c1nc(O)cc(O)n1. The first-order valence-corrected chi connectivity index (χ1v) is 4.86. The highest BCUT2D eigenvalue weighted by atomic mass is 32.1. The Morgan fingerprint density at radius 2 is 1.86 bits per heavy atom. The van der Waals surface area contributed by atoms with E-state index >= 15 is 0 Å². The quantitative estimate of drug-likeness (QED) is 0.751. The van der Waals surface area contributed by atoms with Crippen molar-refractivity contribution in [1.29, 1.82) is 0 Å². The van der Waals surface area contributed by atoms with E-state index in [2.05, 4.69) is 9.97 Å². The van der Waals surface area contributed by atoms with Crippen LogP contribution >= 0.6 is 11.3 Å². The van der Waals surface area contributed by atoms with Crippen molar-refractivity contribution < 1.29 is 10.2 Å². The largest absolute Gasteiger partial charge is 0.493 e. The number of aromatic hydroxyl groups is 2. The zero-order chi connectivity index (χ0) is 10.1. The molecule has 14 heavy (non-hydrogen) atoms. The van der Waals surface area contributed by atoms with Crippen LogP contribution in [0, 0.1) is 6.92 Å². The molecule has 2 rings (SSSR count). The first-order valence-electron chi connectivity index (χ1n) is 3.98. The van der Waals surface area contributed by atoms with E-state index in [9.17, 15) is 10.2 Å². The van der Waals surface area contributed by atoms with Gasteiger partial charge in [0.05, 0.1) is 10.9 Å². The Labute approximate surface area is 84.5 Å². The van der Waals surface area contributed by atoms with Crippen LogP contribution in [0.2, 0.25) is 0 Å². The van der Waals surface area contributed by atoms with E-state index in [1.165, 1.54) is 11.3 Å². The fourth-order valence-corrected chi connectivity index (χ4v) is 1.98. The summed E-state index contributed by atoms with van der Waals surface area (Å²) in [6, 6.07) is 3.04. The Morgan fingerprint density at radius 1 is 1.21 bits per heavy atom. The van der Waals surface area contributed by atoms with Crippen LogP contribution in [0.5, 0.6) is 11.8 Å². The third kappa shape index (κ3) is 1.54. The van der Waals surface area contributed by atoms with Gasteiger partial charge in [-0.05, 0) is 23.9 Å². The number of hydrogen-bond donors (Lipinski definition) is 2. The summed E-state index contributed by atoms with van der Waals surface area (Å²) in [4.78, 5) is 8.52. The molecule has 0 radical (unpaired) electrons. The average Bonchev–Trinajstić information content (AvgIpc) is 2.49. The Kier molecular flexibility index (Phi) is 2.09. The number of aromatic nitrogens is 2. The van der Waals surface area contributed by atoms with E-state index in [0.717, 1.165) is 16.5 Å². The molecule has 2 aromatic rings. The van der Waals surface area contributed by atoms with Gasteiger partial charge in [-0.25, -0.2) is 0 Å². The monoisotopic (exact) mass is 208 g/mol. The van der Waals surface area contributed by atoms with Crippen molar-refractivity contribution in [2.24, 2.45) is 0 Å². The minimum absolute atomic E-state index is 0.222. The molecule has 0 aliphatic carbocycles. The zero-order valence-corrected chi connectivity index (χ0v) is 8.25. The van der Waals surface area contributed by atoms with E-state index in [-0.39, 0.29) is 11.8 Å². The first-order chi connectivity index (χ1) is 6.66. The Hall–Kier alpha value is -1.62. The molecule has 0 amide bonds. The molecule has 0 unspecified atom stereocenters. The molecule has 0 aliphatic heterocycles. The Bertz CT molecular complexity index is 447. The van der Waals surface area contributed by atoms with Crippen molar-refractivity contribution in [2.75, 3.05) is 0 Å². The third-order valence-corrected chi connectivity index (χ3v) is 2.78. The molecular formula is C9H8N2O2S. The van der Waals surface area contributed by atoms with Crippen molar-refractivity contribution in [3.63, 3.8) is 0 Å².